The molecule has 64 valence electrons. The molecule has 4 heteroatoms. The summed E-state index contributed by atoms with van der Waals surface area (Å²) < 4.78 is 0. The van der Waals surface area contributed by atoms with Crippen LogP contribution in [0.3, 0.4) is 0 Å². The maximum atomic E-state index is 10.8. The minimum atomic E-state index is -0.119. The van der Waals surface area contributed by atoms with Crippen LogP contribution < -0.4 is 10.7 Å². The second-order valence-corrected chi connectivity index (χ2v) is 2.74. The van der Waals surface area contributed by atoms with Crippen molar-refractivity contribution in [3.05, 3.63) is 0 Å². The average molecular weight is 157 g/mol. The van der Waals surface area contributed by atoms with Gasteiger partial charge in [0.2, 0.25) is 0 Å². The highest BCUT2D eigenvalue weighted by Gasteiger charge is 2.10. The monoisotopic (exact) mass is 157 g/mol. The molecule has 0 aromatic carbocycles. The van der Waals surface area contributed by atoms with Crippen molar-refractivity contribution in [3.8, 4) is 0 Å². The predicted molar refractivity (Wildman–Crippen MR) is 43.0 cm³/mol. The van der Waals surface area contributed by atoms with Gasteiger partial charge in [-0.3, -0.25) is 5.43 Å². The van der Waals surface area contributed by atoms with E-state index in [1.54, 1.807) is 7.05 Å². The fraction of sp³-hybridized carbons (Fsp3) is 0.857. The topological polar surface area (TPSA) is 44.4 Å². The Labute approximate surface area is 66.9 Å². The predicted octanol–water partition coefficient (Wildman–Crippen LogP) is 0.316. The second-order valence-electron chi connectivity index (χ2n) is 2.74. The van der Waals surface area contributed by atoms with E-state index in [0.717, 1.165) is 13.1 Å². The number of nitrogens with zero attached hydrogens (tertiary/aromatic N) is 1. The van der Waals surface area contributed by atoms with E-state index < -0.39 is 0 Å². The van der Waals surface area contributed by atoms with Crippen LogP contribution in [0.25, 0.3) is 0 Å². The summed E-state index contributed by atoms with van der Waals surface area (Å²) >= 11 is 0. The zero-order valence-corrected chi connectivity index (χ0v) is 6.89. The fourth-order valence-electron chi connectivity index (χ4n) is 1.21. The third-order valence-corrected chi connectivity index (χ3v) is 1.84. The van der Waals surface area contributed by atoms with Crippen molar-refractivity contribution >= 4 is 6.03 Å². The highest BCUT2D eigenvalue weighted by atomic mass is 16.2. The largest absolute Gasteiger partial charge is 0.340 e. The van der Waals surface area contributed by atoms with E-state index in [0.29, 0.717) is 0 Å². The Morgan fingerprint density at radius 2 is 1.91 bits per heavy atom. The van der Waals surface area contributed by atoms with Crippen molar-refractivity contribution in [2.45, 2.75) is 19.3 Å². The molecule has 0 bridgehead atoms. The number of hydrogen-bond acceptors (Lipinski definition) is 2. The Morgan fingerprint density at radius 1 is 1.27 bits per heavy atom. The molecule has 0 saturated carbocycles. The summed E-state index contributed by atoms with van der Waals surface area (Å²) in [6, 6.07) is -0.119. The minimum Gasteiger partial charge on any atom is -0.340 e. The van der Waals surface area contributed by atoms with Crippen LogP contribution in [0.15, 0.2) is 0 Å². The maximum absolute atomic E-state index is 10.8. The van der Waals surface area contributed by atoms with Crippen molar-refractivity contribution in [1.29, 1.82) is 0 Å². The van der Waals surface area contributed by atoms with Gasteiger partial charge in [-0.2, -0.15) is 0 Å². The van der Waals surface area contributed by atoms with Gasteiger partial charge in [0, 0.05) is 20.1 Å². The number of amides is 2. The first kappa shape index (κ1) is 8.33. The molecule has 2 amide bonds. The third-order valence-electron chi connectivity index (χ3n) is 1.84. The maximum Gasteiger partial charge on any atom is 0.329 e. The van der Waals surface area contributed by atoms with E-state index in [2.05, 4.69) is 10.7 Å². The number of rotatable bonds is 1. The van der Waals surface area contributed by atoms with Gasteiger partial charge in [0.05, 0.1) is 0 Å². The van der Waals surface area contributed by atoms with E-state index in [-0.39, 0.29) is 6.03 Å². The summed E-state index contributed by atoms with van der Waals surface area (Å²) in [5.41, 5.74) is 2.75. The summed E-state index contributed by atoms with van der Waals surface area (Å²) in [6.07, 6.45) is 3.65. The second kappa shape index (κ2) is 4.18. The van der Waals surface area contributed by atoms with Crippen molar-refractivity contribution < 1.29 is 4.79 Å². The van der Waals surface area contributed by atoms with Gasteiger partial charge in [-0.1, -0.05) is 6.42 Å². The number of urea groups is 1. The minimum absolute atomic E-state index is 0.119. The average Bonchev–Trinajstić information content (AvgIpc) is 2.06. The number of piperidine rings is 1. The van der Waals surface area contributed by atoms with Crippen LogP contribution in [0.1, 0.15) is 19.3 Å². The Kier molecular flexibility index (Phi) is 3.16. The lowest BCUT2D eigenvalue weighted by Crippen LogP contribution is -2.48. The van der Waals surface area contributed by atoms with Gasteiger partial charge < -0.3 is 5.32 Å². The lowest BCUT2D eigenvalue weighted by molar-refractivity contribution is 0.156. The van der Waals surface area contributed by atoms with Crippen molar-refractivity contribution in [1.82, 2.24) is 15.8 Å². The highest BCUT2D eigenvalue weighted by molar-refractivity contribution is 5.72. The van der Waals surface area contributed by atoms with Crippen LogP contribution in [0.2, 0.25) is 0 Å². The Balaban J connectivity index is 2.19. The summed E-state index contributed by atoms with van der Waals surface area (Å²) in [7, 11) is 1.62. The van der Waals surface area contributed by atoms with Crippen LogP contribution >= 0.6 is 0 Å². The number of carbonyl (C=O) groups excluding carboxylic acids is 1. The molecular weight excluding hydrogens is 142 g/mol. The molecule has 1 aliphatic heterocycles. The van der Waals surface area contributed by atoms with Crippen LogP contribution in [-0.2, 0) is 0 Å². The molecule has 4 nitrogen and oxygen atoms in total. The molecule has 1 heterocycles. The van der Waals surface area contributed by atoms with Gasteiger partial charge in [-0.05, 0) is 12.8 Å². The highest BCUT2D eigenvalue weighted by Crippen LogP contribution is 2.05. The zero-order valence-electron chi connectivity index (χ0n) is 6.89. The Hall–Kier alpha value is -0.770. The molecule has 11 heavy (non-hydrogen) atoms. The summed E-state index contributed by atoms with van der Waals surface area (Å²) in [6.45, 7) is 1.96. The molecule has 0 aromatic heterocycles. The van der Waals surface area contributed by atoms with Gasteiger partial charge in [0.1, 0.15) is 0 Å². The lowest BCUT2D eigenvalue weighted by Gasteiger charge is -2.26. The quantitative estimate of drug-likeness (QED) is 0.575. The molecule has 0 atom stereocenters. The van der Waals surface area contributed by atoms with Crippen LogP contribution in [0.4, 0.5) is 4.79 Å². The van der Waals surface area contributed by atoms with Crippen LogP contribution in [0, 0.1) is 0 Å². The molecule has 1 rings (SSSR count). The van der Waals surface area contributed by atoms with Crippen molar-refractivity contribution in [2.75, 3.05) is 20.1 Å². The fourth-order valence-corrected chi connectivity index (χ4v) is 1.21. The first-order valence-electron chi connectivity index (χ1n) is 4.06. The van der Waals surface area contributed by atoms with E-state index >= 15 is 0 Å². The number of hydrogen-bond donors (Lipinski definition) is 2. The molecule has 0 aliphatic carbocycles. The van der Waals surface area contributed by atoms with Gasteiger partial charge in [-0.15, -0.1) is 0 Å². The Bertz CT molecular complexity index is 132. The van der Waals surface area contributed by atoms with Gasteiger partial charge in [0.15, 0.2) is 0 Å². The van der Waals surface area contributed by atoms with E-state index in [1.807, 2.05) is 5.01 Å². The van der Waals surface area contributed by atoms with Crippen molar-refractivity contribution in [3.63, 3.8) is 0 Å². The summed E-state index contributed by atoms with van der Waals surface area (Å²) in [5, 5.41) is 4.48. The van der Waals surface area contributed by atoms with Crippen molar-refractivity contribution in [2.24, 2.45) is 0 Å². The van der Waals surface area contributed by atoms with Gasteiger partial charge in [0.25, 0.3) is 0 Å². The summed E-state index contributed by atoms with van der Waals surface area (Å²) in [5.74, 6) is 0. The smallest absolute Gasteiger partial charge is 0.329 e. The molecule has 0 aromatic rings. The van der Waals surface area contributed by atoms with Gasteiger partial charge in [-0.25, -0.2) is 9.80 Å². The molecule has 0 unspecified atom stereocenters. The number of hydrazine groups is 1. The molecular formula is C7H15N3O. The zero-order chi connectivity index (χ0) is 8.10. The first-order valence-corrected chi connectivity index (χ1v) is 4.06. The molecule has 1 saturated heterocycles. The lowest BCUT2D eigenvalue weighted by atomic mass is 10.2. The van der Waals surface area contributed by atoms with Crippen LogP contribution in [0.5, 0.6) is 0 Å². The Morgan fingerprint density at radius 3 is 2.45 bits per heavy atom. The summed E-state index contributed by atoms with van der Waals surface area (Å²) in [4.78, 5) is 10.8. The van der Waals surface area contributed by atoms with E-state index in [4.69, 9.17) is 0 Å². The molecule has 2 N–H and O–H groups in total. The first-order chi connectivity index (χ1) is 5.33. The molecule has 1 fully saturated rings. The standard InChI is InChI=1S/C7H15N3O/c1-8-7(11)9-10-5-3-2-4-6-10/h2-6H2,1H3,(H2,8,9,11). The number of nitrogens with one attached hydrogen (secondary N) is 2. The molecule has 0 spiro atoms. The normalized spacial score (nSPS) is 19.4. The van der Waals surface area contributed by atoms with E-state index in [1.165, 1.54) is 19.3 Å². The SMILES string of the molecule is CNC(=O)NN1CCCCC1. The molecule has 1 aliphatic rings. The molecule has 0 radical (unpaired) electrons. The number of carbonyl (C=O) groups is 1. The third kappa shape index (κ3) is 2.76. The van der Waals surface area contributed by atoms with Gasteiger partial charge >= 0.3 is 6.03 Å². The van der Waals surface area contributed by atoms with E-state index in [9.17, 15) is 4.79 Å². The van der Waals surface area contributed by atoms with Crippen LogP contribution in [-0.4, -0.2) is 31.2 Å².